The molecular formula is C18H19FN2O6. The Labute approximate surface area is 153 Å². The van der Waals surface area contributed by atoms with Gasteiger partial charge in [0.25, 0.3) is 5.56 Å². The number of halogens is 1. The van der Waals surface area contributed by atoms with E-state index in [9.17, 15) is 18.8 Å². The first-order valence-corrected chi connectivity index (χ1v) is 8.39. The van der Waals surface area contributed by atoms with Crippen molar-refractivity contribution in [1.29, 1.82) is 0 Å². The standard InChI is InChI=1S/C18H19FN2O6/c1-11(22)26-14-7-16(21-8-13(19)17(23)20-18(21)24)27-15(14)10-25-9-12-5-3-2-4-6-12/h2-6,8,14-16H,7,9-10H2,1H3,(H,20,23,24)/t14-,15+,16+/m0/s1. The van der Waals surface area contributed by atoms with Gasteiger partial charge in [-0.1, -0.05) is 30.3 Å². The molecule has 1 aromatic carbocycles. The summed E-state index contributed by atoms with van der Waals surface area (Å²) in [5.74, 6) is -1.61. The molecule has 0 radical (unpaired) electrons. The molecule has 8 nitrogen and oxygen atoms in total. The van der Waals surface area contributed by atoms with Gasteiger partial charge >= 0.3 is 11.7 Å². The first-order valence-electron chi connectivity index (χ1n) is 8.39. The molecule has 2 aromatic rings. The van der Waals surface area contributed by atoms with E-state index in [2.05, 4.69) is 0 Å². The Hall–Kier alpha value is -2.78. The molecule has 0 spiro atoms. The third-order valence-corrected chi connectivity index (χ3v) is 4.13. The molecule has 0 amide bonds. The maximum atomic E-state index is 13.5. The predicted molar refractivity (Wildman–Crippen MR) is 91.5 cm³/mol. The van der Waals surface area contributed by atoms with Crippen LogP contribution in [0.1, 0.15) is 25.1 Å². The highest BCUT2D eigenvalue weighted by atomic mass is 19.1. The van der Waals surface area contributed by atoms with E-state index in [0.29, 0.717) is 6.61 Å². The third kappa shape index (κ3) is 4.69. The Kier molecular flexibility index (Phi) is 5.82. The topological polar surface area (TPSA) is 99.6 Å². The summed E-state index contributed by atoms with van der Waals surface area (Å²) in [5, 5.41) is 0. The fourth-order valence-electron chi connectivity index (χ4n) is 2.90. The number of nitrogens with zero attached hydrogens (tertiary/aromatic N) is 1. The van der Waals surface area contributed by atoms with E-state index in [1.807, 2.05) is 35.3 Å². The van der Waals surface area contributed by atoms with Crippen LogP contribution >= 0.6 is 0 Å². The van der Waals surface area contributed by atoms with E-state index in [0.717, 1.165) is 16.3 Å². The number of H-pyrrole nitrogens is 1. The molecule has 1 aliphatic rings. The summed E-state index contributed by atoms with van der Waals surface area (Å²) < 4.78 is 31.1. The second kappa shape index (κ2) is 8.28. The van der Waals surface area contributed by atoms with Crippen LogP contribution in [0.2, 0.25) is 0 Å². The van der Waals surface area contributed by atoms with Gasteiger partial charge in [0, 0.05) is 13.3 Å². The maximum Gasteiger partial charge on any atom is 0.330 e. The second-order valence-corrected chi connectivity index (χ2v) is 6.16. The molecule has 0 saturated carbocycles. The van der Waals surface area contributed by atoms with Gasteiger partial charge in [0.05, 0.1) is 19.4 Å². The average molecular weight is 378 g/mol. The zero-order chi connectivity index (χ0) is 19.4. The molecule has 3 atom stereocenters. The van der Waals surface area contributed by atoms with E-state index < -0.39 is 41.5 Å². The van der Waals surface area contributed by atoms with Crippen molar-refractivity contribution in [1.82, 2.24) is 9.55 Å². The van der Waals surface area contributed by atoms with Crippen LogP contribution < -0.4 is 11.2 Å². The lowest BCUT2D eigenvalue weighted by Crippen LogP contribution is -2.34. The third-order valence-electron chi connectivity index (χ3n) is 4.13. The predicted octanol–water partition coefficient (Wildman–Crippen LogP) is 1.11. The quantitative estimate of drug-likeness (QED) is 0.756. The minimum Gasteiger partial charge on any atom is -0.460 e. The van der Waals surface area contributed by atoms with Crippen molar-refractivity contribution in [3.63, 3.8) is 0 Å². The van der Waals surface area contributed by atoms with Gasteiger partial charge < -0.3 is 14.2 Å². The molecule has 0 aliphatic carbocycles. The Bertz CT molecular complexity index is 910. The van der Waals surface area contributed by atoms with Crippen molar-refractivity contribution in [3.8, 4) is 0 Å². The van der Waals surface area contributed by atoms with Gasteiger partial charge in [0.2, 0.25) is 5.82 Å². The van der Waals surface area contributed by atoms with Gasteiger partial charge in [-0.25, -0.2) is 4.79 Å². The highest BCUT2D eigenvalue weighted by Crippen LogP contribution is 2.30. The molecule has 1 N–H and O–H groups in total. The lowest BCUT2D eigenvalue weighted by Gasteiger charge is -2.18. The van der Waals surface area contributed by atoms with E-state index >= 15 is 0 Å². The average Bonchev–Trinajstić information content (AvgIpc) is 3.01. The van der Waals surface area contributed by atoms with Crippen molar-refractivity contribution >= 4 is 5.97 Å². The summed E-state index contributed by atoms with van der Waals surface area (Å²) >= 11 is 0. The van der Waals surface area contributed by atoms with Crippen LogP contribution in [0.5, 0.6) is 0 Å². The Morgan fingerprint density at radius 1 is 1.33 bits per heavy atom. The van der Waals surface area contributed by atoms with Crippen LogP contribution in [0.15, 0.2) is 46.1 Å². The minimum absolute atomic E-state index is 0.115. The summed E-state index contributed by atoms with van der Waals surface area (Å²) in [7, 11) is 0. The summed E-state index contributed by atoms with van der Waals surface area (Å²) in [6.07, 6.45) is -1.28. The highest BCUT2D eigenvalue weighted by molar-refractivity contribution is 5.66. The molecule has 1 fully saturated rings. The van der Waals surface area contributed by atoms with Crippen molar-refractivity contribution in [2.75, 3.05) is 6.61 Å². The second-order valence-electron chi connectivity index (χ2n) is 6.16. The van der Waals surface area contributed by atoms with E-state index in [1.54, 1.807) is 0 Å². The van der Waals surface area contributed by atoms with Crippen molar-refractivity contribution in [3.05, 3.63) is 68.7 Å². The van der Waals surface area contributed by atoms with E-state index in [1.165, 1.54) is 6.92 Å². The summed E-state index contributed by atoms with van der Waals surface area (Å²) in [6, 6.07) is 9.49. The van der Waals surface area contributed by atoms with Crippen LogP contribution in [0.4, 0.5) is 4.39 Å². The summed E-state index contributed by atoms with van der Waals surface area (Å²) in [6.45, 7) is 1.72. The molecule has 1 saturated heterocycles. The molecule has 2 heterocycles. The number of ether oxygens (including phenoxy) is 3. The fourth-order valence-corrected chi connectivity index (χ4v) is 2.90. The molecule has 3 rings (SSSR count). The van der Waals surface area contributed by atoms with Gasteiger partial charge in [-0.15, -0.1) is 0 Å². The zero-order valence-corrected chi connectivity index (χ0v) is 14.6. The number of esters is 1. The number of hydrogen-bond donors (Lipinski definition) is 1. The molecule has 0 bridgehead atoms. The van der Waals surface area contributed by atoms with E-state index in [4.69, 9.17) is 14.2 Å². The smallest absolute Gasteiger partial charge is 0.330 e. The first-order chi connectivity index (χ1) is 12.9. The van der Waals surface area contributed by atoms with Crippen LogP contribution in [0.3, 0.4) is 0 Å². The van der Waals surface area contributed by atoms with Crippen molar-refractivity contribution in [2.45, 2.75) is 38.4 Å². The number of rotatable bonds is 6. The van der Waals surface area contributed by atoms with Gasteiger partial charge in [-0.3, -0.25) is 19.1 Å². The molecule has 9 heteroatoms. The Morgan fingerprint density at radius 3 is 2.78 bits per heavy atom. The SMILES string of the molecule is CC(=O)O[C@H]1C[C@H](n2cc(F)c(=O)[nH]c2=O)O[C@@H]1COCc1ccccc1. The summed E-state index contributed by atoms with van der Waals surface area (Å²) in [5.41, 5.74) is -0.942. The fraction of sp³-hybridized carbons (Fsp3) is 0.389. The number of carbonyl (C=O) groups excluding carboxylic acids is 1. The number of aromatic amines is 1. The largest absolute Gasteiger partial charge is 0.460 e. The number of aromatic nitrogens is 2. The lowest BCUT2D eigenvalue weighted by molar-refractivity contribution is -0.151. The van der Waals surface area contributed by atoms with Crippen molar-refractivity contribution < 1.29 is 23.4 Å². The number of carbonyl (C=O) groups is 1. The molecule has 1 aromatic heterocycles. The maximum absolute atomic E-state index is 13.5. The highest BCUT2D eigenvalue weighted by Gasteiger charge is 2.39. The number of hydrogen-bond acceptors (Lipinski definition) is 6. The first kappa shape index (κ1) is 19.0. The van der Waals surface area contributed by atoms with E-state index in [-0.39, 0.29) is 13.0 Å². The Morgan fingerprint density at radius 2 is 2.07 bits per heavy atom. The van der Waals surface area contributed by atoms with Crippen LogP contribution in [0.25, 0.3) is 0 Å². The molecule has 144 valence electrons. The van der Waals surface area contributed by atoms with Gasteiger partial charge in [-0.2, -0.15) is 4.39 Å². The minimum atomic E-state index is -1.11. The zero-order valence-electron chi connectivity index (χ0n) is 14.6. The molecule has 1 aliphatic heterocycles. The molecule has 0 unspecified atom stereocenters. The lowest BCUT2D eigenvalue weighted by atomic mass is 10.2. The van der Waals surface area contributed by atoms with Crippen LogP contribution in [0, 0.1) is 5.82 Å². The molecule has 27 heavy (non-hydrogen) atoms. The normalized spacial score (nSPS) is 21.9. The molecular weight excluding hydrogens is 359 g/mol. The van der Waals surface area contributed by atoms with Gasteiger partial charge in [0.1, 0.15) is 18.4 Å². The Balaban J connectivity index is 1.70. The monoisotopic (exact) mass is 378 g/mol. The van der Waals surface area contributed by atoms with Crippen molar-refractivity contribution in [2.24, 2.45) is 0 Å². The number of benzene rings is 1. The van der Waals surface area contributed by atoms with Gasteiger partial charge in [0.15, 0.2) is 0 Å². The van der Waals surface area contributed by atoms with Gasteiger partial charge in [-0.05, 0) is 5.56 Å². The van der Waals surface area contributed by atoms with Crippen LogP contribution in [-0.4, -0.2) is 34.3 Å². The van der Waals surface area contributed by atoms with Crippen LogP contribution in [-0.2, 0) is 25.6 Å². The number of nitrogens with one attached hydrogen (secondary N) is 1. The summed E-state index contributed by atoms with van der Waals surface area (Å²) in [4.78, 5) is 36.4.